The van der Waals surface area contributed by atoms with E-state index in [0.29, 0.717) is 0 Å². The summed E-state index contributed by atoms with van der Waals surface area (Å²) in [5.41, 5.74) is 0. The monoisotopic (exact) mass is 362 g/mol. The van der Waals surface area contributed by atoms with Gasteiger partial charge in [0.2, 0.25) is 6.29 Å². The van der Waals surface area contributed by atoms with Gasteiger partial charge in [0, 0.05) is 0 Å². The Morgan fingerprint density at radius 2 is 1.57 bits per heavy atom. The number of phosphoric acid groups is 1. The van der Waals surface area contributed by atoms with Gasteiger partial charge >= 0.3 is 7.82 Å². The van der Waals surface area contributed by atoms with E-state index in [-0.39, 0.29) is 0 Å². The SMILES string of the molecule is O=P12OC(O)C(O)(O1)C(O)([C@@]1(O)O[C@H](CO)[C@H](O)[C@H](O)[C@H]1O)O2. The lowest BCUT2D eigenvalue weighted by Crippen LogP contribution is -2.80. The second-order valence-corrected chi connectivity index (χ2v) is 6.86. The molecular formula is C9H15O13P. The number of aliphatic hydroxyl groups is 8. The highest BCUT2D eigenvalue weighted by Crippen LogP contribution is 2.73. The van der Waals surface area contributed by atoms with E-state index < -0.39 is 62.5 Å². The largest absolute Gasteiger partial charge is 0.483 e. The van der Waals surface area contributed by atoms with Gasteiger partial charge in [-0.2, -0.15) is 0 Å². The average Bonchev–Trinajstić information content (AvgIpc) is 2.83. The van der Waals surface area contributed by atoms with Gasteiger partial charge in [-0.25, -0.2) is 13.6 Å². The molecule has 23 heavy (non-hydrogen) atoms. The quantitative estimate of drug-likeness (QED) is 0.216. The molecule has 3 rings (SSSR count). The molecule has 8 N–H and O–H groups in total. The lowest BCUT2D eigenvalue weighted by atomic mass is 9.83. The normalized spacial score (nSPS) is 62.7. The third kappa shape index (κ3) is 1.96. The molecule has 3 saturated heterocycles. The Morgan fingerprint density at radius 3 is 2.04 bits per heavy atom. The molecule has 3 fully saturated rings. The molecule has 0 amide bonds. The van der Waals surface area contributed by atoms with Crippen LogP contribution in [0.15, 0.2) is 0 Å². The number of phosphoric ester groups is 1. The fourth-order valence-electron chi connectivity index (χ4n) is 2.68. The molecule has 9 atom stereocenters. The molecule has 0 aromatic carbocycles. The molecule has 0 saturated carbocycles. The van der Waals surface area contributed by atoms with Crippen molar-refractivity contribution in [2.75, 3.05) is 6.61 Å². The van der Waals surface area contributed by atoms with Crippen LogP contribution < -0.4 is 0 Å². The topological polar surface area (TPSA) is 216 Å². The summed E-state index contributed by atoms with van der Waals surface area (Å²) >= 11 is 0. The minimum Gasteiger partial charge on any atom is -0.394 e. The van der Waals surface area contributed by atoms with E-state index in [0.717, 1.165) is 0 Å². The van der Waals surface area contributed by atoms with Crippen molar-refractivity contribution in [3.8, 4) is 0 Å². The Kier molecular flexibility index (Phi) is 3.74. The molecule has 13 nitrogen and oxygen atoms in total. The van der Waals surface area contributed by atoms with Crippen molar-refractivity contribution >= 4 is 7.82 Å². The van der Waals surface area contributed by atoms with E-state index in [1.54, 1.807) is 0 Å². The molecule has 0 aromatic heterocycles. The van der Waals surface area contributed by atoms with Crippen LogP contribution in [0.5, 0.6) is 0 Å². The van der Waals surface area contributed by atoms with Gasteiger partial charge in [0.25, 0.3) is 17.4 Å². The lowest BCUT2D eigenvalue weighted by molar-refractivity contribution is -0.488. The predicted molar refractivity (Wildman–Crippen MR) is 61.7 cm³/mol. The fraction of sp³-hybridized carbons (Fsp3) is 1.00. The van der Waals surface area contributed by atoms with Crippen molar-refractivity contribution < 1.29 is 63.7 Å². The van der Waals surface area contributed by atoms with E-state index in [2.05, 4.69) is 13.6 Å². The van der Waals surface area contributed by atoms with Crippen molar-refractivity contribution in [1.82, 2.24) is 0 Å². The highest BCUT2D eigenvalue weighted by molar-refractivity contribution is 7.49. The fourth-order valence-corrected chi connectivity index (χ4v) is 4.33. The number of hydrogen-bond acceptors (Lipinski definition) is 13. The zero-order valence-corrected chi connectivity index (χ0v) is 12.1. The molecule has 0 radical (unpaired) electrons. The van der Waals surface area contributed by atoms with Gasteiger partial charge in [-0.15, -0.1) is 0 Å². The molecule has 14 heteroatoms. The lowest BCUT2D eigenvalue weighted by Gasteiger charge is -2.52. The molecule has 3 aliphatic heterocycles. The molecule has 0 aliphatic carbocycles. The Hall–Kier alpha value is -0.250. The van der Waals surface area contributed by atoms with Gasteiger partial charge in [0.15, 0.2) is 0 Å². The summed E-state index contributed by atoms with van der Waals surface area (Å²) in [6.07, 6.45) is -10.8. The van der Waals surface area contributed by atoms with E-state index in [9.17, 15) is 40.3 Å². The maximum Gasteiger partial charge on any atom is 0.483 e. The average molecular weight is 362 g/mol. The van der Waals surface area contributed by atoms with Crippen LogP contribution in [0.2, 0.25) is 0 Å². The molecule has 3 heterocycles. The van der Waals surface area contributed by atoms with Crippen molar-refractivity contribution in [2.45, 2.75) is 48.1 Å². The van der Waals surface area contributed by atoms with Gasteiger partial charge in [-0.05, 0) is 0 Å². The Balaban J connectivity index is 2.07. The first-order valence-corrected chi connectivity index (χ1v) is 7.78. The maximum atomic E-state index is 11.9. The number of ether oxygens (including phenoxy) is 1. The van der Waals surface area contributed by atoms with Crippen LogP contribution in [-0.4, -0.2) is 95.5 Å². The van der Waals surface area contributed by atoms with Crippen LogP contribution in [0.25, 0.3) is 0 Å². The second-order valence-electron chi connectivity index (χ2n) is 5.39. The molecule has 4 unspecified atom stereocenters. The van der Waals surface area contributed by atoms with Crippen LogP contribution in [0, 0.1) is 0 Å². The van der Waals surface area contributed by atoms with Gasteiger partial charge < -0.3 is 45.6 Å². The second kappa shape index (κ2) is 4.89. The van der Waals surface area contributed by atoms with Gasteiger partial charge in [-0.3, -0.25) is 4.52 Å². The Labute approximate surface area is 127 Å². The number of aliphatic hydroxyl groups excluding tert-OH is 5. The minimum absolute atomic E-state index is 0.987. The summed E-state index contributed by atoms with van der Waals surface area (Å²) in [7, 11) is -4.73. The van der Waals surface area contributed by atoms with E-state index in [1.165, 1.54) is 0 Å². The van der Waals surface area contributed by atoms with Crippen LogP contribution >= 0.6 is 7.82 Å². The molecular weight excluding hydrogens is 347 g/mol. The van der Waals surface area contributed by atoms with E-state index >= 15 is 0 Å². The van der Waals surface area contributed by atoms with Gasteiger partial charge in [-0.1, -0.05) is 0 Å². The van der Waals surface area contributed by atoms with Crippen molar-refractivity contribution in [3.05, 3.63) is 0 Å². The molecule has 3 aliphatic rings. The van der Waals surface area contributed by atoms with Crippen LogP contribution in [0.4, 0.5) is 0 Å². The third-order valence-corrected chi connectivity index (χ3v) is 5.44. The van der Waals surface area contributed by atoms with Crippen molar-refractivity contribution in [1.29, 1.82) is 0 Å². The number of hydrogen-bond donors (Lipinski definition) is 8. The first-order chi connectivity index (χ1) is 10.4. The van der Waals surface area contributed by atoms with Crippen molar-refractivity contribution in [2.24, 2.45) is 0 Å². The maximum absolute atomic E-state index is 11.9. The first kappa shape index (κ1) is 17.6. The first-order valence-electron chi connectivity index (χ1n) is 6.32. The molecule has 0 aromatic rings. The van der Waals surface area contributed by atoms with E-state index in [1.807, 2.05) is 0 Å². The van der Waals surface area contributed by atoms with Crippen LogP contribution in [0.1, 0.15) is 0 Å². The van der Waals surface area contributed by atoms with E-state index in [4.69, 9.17) is 9.84 Å². The molecule has 2 bridgehead atoms. The van der Waals surface area contributed by atoms with Gasteiger partial charge in [0.1, 0.15) is 24.4 Å². The van der Waals surface area contributed by atoms with Crippen LogP contribution in [0.3, 0.4) is 0 Å². The third-order valence-electron chi connectivity index (χ3n) is 4.00. The summed E-state index contributed by atoms with van der Waals surface area (Å²) in [6.45, 7) is -0.987. The summed E-state index contributed by atoms with van der Waals surface area (Å²) in [5.74, 6) is -10.4. The molecule has 134 valence electrons. The van der Waals surface area contributed by atoms with Crippen LogP contribution in [-0.2, 0) is 22.9 Å². The number of rotatable bonds is 2. The summed E-state index contributed by atoms with van der Waals surface area (Å²) in [6, 6.07) is 0. The summed E-state index contributed by atoms with van der Waals surface area (Å²) < 4.78 is 29.7. The Morgan fingerprint density at radius 1 is 0.957 bits per heavy atom. The summed E-state index contributed by atoms with van der Waals surface area (Å²) in [5, 5.41) is 78.9. The Bertz CT molecular complexity index is 556. The zero-order valence-electron chi connectivity index (χ0n) is 11.2. The molecule has 0 spiro atoms. The highest BCUT2D eigenvalue weighted by atomic mass is 31.2. The highest BCUT2D eigenvalue weighted by Gasteiger charge is 2.86. The standard InChI is InChI=1S/C9H15O13P/c10-1-2-3(11)4(12)5(13)7(15,19-2)9(17)8(16)6(14)20-23(18,21-8)22-9/h2-6,10-17H,1H2/t2-,3+,4+,5-,6?,7+,8?,9?,23?/m1/s1. The zero-order chi connectivity index (χ0) is 17.4. The number of fused-ring (bicyclic) bond motifs is 2. The predicted octanol–water partition coefficient (Wildman–Crippen LogP) is -4.97. The minimum atomic E-state index is -4.73. The van der Waals surface area contributed by atoms with Gasteiger partial charge in [0.05, 0.1) is 6.61 Å². The summed E-state index contributed by atoms with van der Waals surface area (Å²) in [4.78, 5) is 0. The van der Waals surface area contributed by atoms with Crippen molar-refractivity contribution in [3.63, 3.8) is 0 Å². The smallest absolute Gasteiger partial charge is 0.394 e.